The first-order valence-electron chi connectivity index (χ1n) is 16.5. The summed E-state index contributed by atoms with van der Waals surface area (Å²) in [6, 6.07) is 38.9. The maximum atomic E-state index is 15.0. The van der Waals surface area contributed by atoms with E-state index in [1.165, 1.54) is 0 Å². The predicted octanol–water partition coefficient (Wildman–Crippen LogP) is 9.30. The lowest BCUT2D eigenvalue weighted by Crippen LogP contribution is -2.49. The van der Waals surface area contributed by atoms with Gasteiger partial charge in [-0.2, -0.15) is 0 Å². The molecule has 0 fully saturated rings. The molecule has 2 N–H and O–H groups in total. The van der Waals surface area contributed by atoms with Gasteiger partial charge in [-0.15, -0.1) is 0 Å². The number of nitrogens with one attached hydrogen (secondary N) is 1. The van der Waals surface area contributed by atoms with Gasteiger partial charge in [-0.25, -0.2) is 4.99 Å². The summed E-state index contributed by atoms with van der Waals surface area (Å²) in [6.07, 6.45) is -0.582. The van der Waals surface area contributed by atoms with Gasteiger partial charge in [0.1, 0.15) is 5.75 Å². The summed E-state index contributed by atoms with van der Waals surface area (Å²) in [4.78, 5) is 28.1. The van der Waals surface area contributed by atoms with Crippen LogP contribution >= 0.6 is 11.8 Å². The van der Waals surface area contributed by atoms with Gasteiger partial charge in [-0.1, -0.05) is 107 Å². The molecule has 12 nitrogen and oxygen atoms in total. The summed E-state index contributed by atoms with van der Waals surface area (Å²) in [6.45, 7) is 0.558. The van der Waals surface area contributed by atoms with Gasteiger partial charge >= 0.3 is 0 Å². The van der Waals surface area contributed by atoms with Crippen LogP contribution in [0.15, 0.2) is 152 Å². The molecule has 260 valence electrons. The van der Waals surface area contributed by atoms with Crippen molar-refractivity contribution in [3.8, 4) is 5.75 Å². The van der Waals surface area contributed by atoms with Crippen molar-refractivity contribution in [2.75, 3.05) is 13.2 Å². The molecule has 1 aliphatic rings. The second-order valence-electron chi connectivity index (χ2n) is 11.7. The molecule has 0 saturated heterocycles. The number of amides is 1. The lowest BCUT2D eigenvalue weighted by atomic mass is 9.81. The van der Waals surface area contributed by atoms with Crippen LogP contribution in [0.2, 0.25) is 0 Å². The Kier molecular flexibility index (Phi) is 11.7. The van der Waals surface area contributed by atoms with Gasteiger partial charge in [0, 0.05) is 68.1 Å². The number of carbonyl (C=O) groups excluding carboxylic acids is 1. The van der Waals surface area contributed by atoms with Crippen molar-refractivity contribution in [1.82, 2.24) is 5.32 Å². The molecule has 6 rings (SSSR count). The minimum Gasteiger partial charge on any atom is -0.494 e. The van der Waals surface area contributed by atoms with E-state index in [1.807, 2.05) is 54.6 Å². The third kappa shape index (κ3) is 8.21. The Balaban J connectivity index is 1.45. The van der Waals surface area contributed by atoms with Crippen LogP contribution < -0.4 is 10.1 Å². The summed E-state index contributed by atoms with van der Waals surface area (Å²) in [5.41, 5.74) is 20.3. The highest BCUT2D eigenvalue weighted by Crippen LogP contribution is 2.46. The lowest BCUT2D eigenvalue weighted by Gasteiger charge is -2.32. The van der Waals surface area contributed by atoms with Crippen LogP contribution in [0.5, 0.6) is 5.75 Å². The van der Waals surface area contributed by atoms with E-state index in [1.54, 1.807) is 84.6 Å². The smallest absolute Gasteiger partial charge is 0.252 e. The van der Waals surface area contributed by atoms with E-state index >= 15 is 0 Å². The van der Waals surface area contributed by atoms with Gasteiger partial charge in [0.15, 0.2) is 11.6 Å². The molecule has 2 atom stereocenters. The Labute approximate surface area is 304 Å². The summed E-state index contributed by atoms with van der Waals surface area (Å²) in [7, 11) is 0. The number of carbonyl (C=O) groups is 1. The van der Waals surface area contributed by atoms with Crippen molar-refractivity contribution < 1.29 is 19.4 Å². The normalized spacial score (nSPS) is 16.1. The molecule has 0 spiro atoms. The molecule has 0 unspecified atom stereocenters. The largest absolute Gasteiger partial charge is 0.494 e. The molecular weight excluding hydrogens is 677 g/mol. The van der Waals surface area contributed by atoms with E-state index < -0.39 is 17.6 Å². The Morgan fingerprint density at radius 1 is 0.846 bits per heavy atom. The summed E-state index contributed by atoms with van der Waals surface area (Å²) < 4.78 is 12.4. The SMILES string of the molecule is [N-]=[N+]=Nc1ccccc1C[C@@]1(C(=O)NCc2ccccc2Sc2ccccc2)N=C(c2ccc(OCCCO)cc2)O[C@@H]1c1ccccc1N=[N+]=[N-]. The molecular formula is C39H34N8O4S. The molecule has 1 amide bonds. The zero-order valence-electron chi connectivity index (χ0n) is 27.9. The lowest BCUT2D eigenvalue weighted by molar-refractivity contribution is -0.129. The Hall–Kier alpha value is -6.23. The van der Waals surface area contributed by atoms with Crippen LogP contribution in [0.25, 0.3) is 20.9 Å². The minimum absolute atomic E-state index is 0.0183. The van der Waals surface area contributed by atoms with Crippen molar-refractivity contribution in [3.63, 3.8) is 0 Å². The summed E-state index contributed by atoms with van der Waals surface area (Å²) in [5.74, 6) is 0.349. The fourth-order valence-electron chi connectivity index (χ4n) is 5.90. The number of aliphatic imine (C=N–C) groups is 1. The molecule has 52 heavy (non-hydrogen) atoms. The van der Waals surface area contributed by atoms with Gasteiger partial charge in [0.25, 0.3) is 5.91 Å². The third-order valence-electron chi connectivity index (χ3n) is 8.39. The third-order valence-corrected chi connectivity index (χ3v) is 9.51. The molecule has 5 aromatic rings. The average molecular weight is 711 g/mol. The van der Waals surface area contributed by atoms with E-state index in [0.717, 1.165) is 15.4 Å². The van der Waals surface area contributed by atoms with Gasteiger partial charge in [0.2, 0.25) is 5.90 Å². The topological polar surface area (TPSA) is 178 Å². The summed E-state index contributed by atoms with van der Waals surface area (Å²) >= 11 is 1.60. The Morgan fingerprint density at radius 3 is 2.25 bits per heavy atom. The van der Waals surface area contributed by atoms with Crippen LogP contribution in [0.1, 0.15) is 34.8 Å². The van der Waals surface area contributed by atoms with Gasteiger partial charge in [-0.3, -0.25) is 4.79 Å². The zero-order chi connectivity index (χ0) is 36.2. The fourth-order valence-corrected chi connectivity index (χ4v) is 6.86. The maximum Gasteiger partial charge on any atom is 0.252 e. The number of aliphatic hydroxyl groups is 1. The maximum absolute atomic E-state index is 15.0. The van der Waals surface area contributed by atoms with E-state index in [9.17, 15) is 15.9 Å². The van der Waals surface area contributed by atoms with E-state index in [0.29, 0.717) is 41.2 Å². The van der Waals surface area contributed by atoms with E-state index in [-0.39, 0.29) is 31.2 Å². The van der Waals surface area contributed by atoms with Crippen LogP contribution in [-0.4, -0.2) is 35.7 Å². The second-order valence-corrected chi connectivity index (χ2v) is 12.9. The first-order chi connectivity index (χ1) is 25.5. The minimum atomic E-state index is -1.66. The number of ether oxygens (including phenoxy) is 2. The number of nitrogens with zero attached hydrogens (tertiary/aromatic N) is 7. The second kappa shape index (κ2) is 17.1. The standard InChI is InChI=1S/C39H34N8O4S/c40-46-44-33-16-7-4-11-28(33)25-39(38(49)42-26-29-12-5-9-18-35(29)52-31-13-2-1-3-14-31)36(32-15-6-8-17-34(32)45-47-41)51-37(43-39)27-19-21-30(22-20-27)50-24-10-23-48/h1-9,11-22,36,48H,10,23-26H2,(H,42,49)/t36-,39-/m1/s1. The zero-order valence-corrected chi connectivity index (χ0v) is 28.8. The number of hydrogen-bond acceptors (Lipinski definition) is 8. The molecule has 0 bridgehead atoms. The molecule has 1 heterocycles. The fraction of sp³-hybridized carbons (Fsp3) is 0.179. The number of rotatable bonds is 15. The highest BCUT2D eigenvalue weighted by Gasteiger charge is 2.54. The monoisotopic (exact) mass is 710 g/mol. The van der Waals surface area contributed by atoms with E-state index in [2.05, 4.69) is 25.4 Å². The number of benzene rings is 5. The molecule has 5 aromatic carbocycles. The predicted molar refractivity (Wildman–Crippen MR) is 200 cm³/mol. The highest BCUT2D eigenvalue weighted by molar-refractivity contribution is 7.99. The first kappa shape index (κ1) is 35.6. The summed E-state index contributed by atoms with van der Waals surface area (Å²) in [5, 5.41) is 20.1. The average Bonchev–Trinajstić information content (AvgIpc) is 3.56. The highest BCUT2D eigenvalue weighted by atomic mass is 32.2. The van der Waals surface area contributed by atoms with Crippen molar-refractivity contribution in [2.24, 2.45) is 15.2 Å². The van der Waals surface area contributed by atoms with Gasteiger partial charge in [-0.05, 0) is 64.7 Å². The Morgan fingerprint density at radius 2 is 1.50 bits per heavy atom. The molecule has 0 aliphatic carbocycles. The number of hydrogen-bond donors (Lipinski definition) is 2. The van der Waals surface area contributed by atoms with Crippen molar-refractivity contribution in [2.45, 2.75) is 40.8 Å². The molecule has 0 saturated carbocycles. The van der Waals surface area contributed by atoms with Gasteiger partial charge in [0.05, 0.1) is 6.61 Å². The van der Waals surface area contributed by atoms with Gasteiger partial charge < -0.3 is 19.9 Å². The molecule has 0 radical (unpaired) electrons. The Bertz CT molecular complexity index is 2150. The van der Waals surface area contributed by atoms with E-state index in [4.69, 9.17) is 19.6 Å². The molecule has 1 aliphatic heterocycles. The molecule has 0 aromatic heterocycles. The van der Waals surface area contributed by atoms with Crippen LogP contribution in [0.4, 0.5) is 11.4 Å². The van der Waals surface area contributed by atoms with Crippen molar-refractivity contribution in [3.05, 3.63) is 171 Å². The van der Waals surface area contributed by atoms with Crippen LogP contribution in [0.3, 0.4) is 0 Å². The van der Waals surface area contributed by atoms with Crippen molar-refractivity contribution >= 4 is 34.9 Å². The van der Waals surface area contributed by atoms with Crippen LogP contribution in [-0.2, 0) is 22.5 Å². The molecule has 13 heteroatoms. The first-order valence-corrected chi connectivity index (χ1v) is 17.3. The van der Waals surface area contributed by atoms with Crippen LogP contribution in [0, 0.1) is 0 Å². The quantitative estimate of drug-likeness (QED) is 0.0475. The number of aliphatic hydroxyl groups excluding tert-OH is 1. The van der Waals surface area contributed by atoms with Crippen molar-refractivity contribution in [1.29, 1.82) is 0 Å². The number of azide groups is 2.